The van der Waals surface area contributed by atoms with Crippen molar-refractivity contribution in [3.8, 4) is 11.8 Å². The fourth-order valence-electron chi connectivity index (χ4n) is 1.43. The molecule has 0 spiro atoms. The number of hydrogen-bond acceptors (Lipinski definition) is 1. The number of hydrogen-bond donors (Lipinski definition) is 1. The van der Waals surface area contributed by atoms with Crippen molar-refractivity contribution in [2.75, 3.05) is 19.6 Å². The number of urea groups is 1. The van der Waals surface area contributed by atoms with E-state index in [2.05, 4.69) is 17.2 Å². The van der Waals surface area contributed by atoms with Gasteiger partial charge in [0.15, 0.2) is 0 Å². The van der Waals surface area contributed by atoms with E-state index in [-0.39, 0.29) is 6.03 Å². The van der Waals surface area contributed by atoms with Crippen LogP contribution in [0.1, 0.15) is 12.0 Å². The first kappa shape index (κ1) is 11.8. The van der Waals surface area contributed by atoms with Gasteiger partial charge in [-0.2, -0.15) is 0 Å². The molecular weight excluding hydrogens is 236 g/mol. The molecule has 1 aromatic rings. The lowest BCUT2D eigenvalue weighted by Crippen LogP contribution is -2.47. The molecule has 0 bridgehead atoms. The Balaban J connectivity index is 1.78. The molecule has 1 aromatic carbocycles. The highest BCUT2D eigenvalue weighted by molar-refractivity contribution is 6.30. The van der Waals surface area contributed by atoms with Crippen LogP contribution < -0.4 is 5.32 Å². The number of nitrogens with one attached hydrogen (secondary N) is 1. The van der Waals surface area contributed by atoms with Crippen LogP contribution in [0.15, 0.2) is 24.3 Å². The highest BCUT2D eigenvalue weighted by atomic mass is 35.5. The Kier molecular flexibility index (Phi) is 3.89. The lowest BCUT2D eigenvalue weighted by Gasteiger charge is -2.30. The smallest absolute Gasteiger partial charge is 0.318 e. The van der Waals surface area contributed by atoms with Crippen molar-refractivity contribution >= 4 is 17.6 Å². The highest BCUT2D eigenvalue weighted by Crippen LogP contribution is 2.08. The molecule has 0 saturated carbocycles. The number of carbonyl (C=O) groups excluding carboxylic acids is 1. The SMILES string of the molecule is O=C(NCC#Cc1ccc(Cl)cc1)N1CCC1. The van der Waals surface area contributed by atoms with Gasteiger partial charge in [-0.1, -0.05) is 23.4 Å². The summed E-state index contributed by atoms with van der Waals surface area (Å²) in [5.41, 5.74) is 0.896. The van der Waals surface area contributed by atoms with Crippen molar-refractivity contribution in [3.63, 3.8) is 0 Å². The van der Waals surface area contributed by atoms with Crippen LogP contribution in [-0.2, 0) is 0 Å². The van der Waals surface area contributed by atoms with E-state index in [1.807, 2.05) is 12.1 Å². The Morgan fingerprint density at radius 3 is 2.65 bits per heavy atom. The summed E-state index contributed by atoms with van der Waals surface area (Å²) in [5.74, 6) is 5.86. The van der Waals surface area contributed by atoms with E-state index in [4.69, 9.17) is 11.6 Å². The lowest BCUT2D eigenvalue weighted by molar-refractivity contribution is 0.169. The summed E-state index contributed by atoms with van der Waals surface area (Å²) in [5, 5.41) is 3.45. The largest absolute Gasteiger partial charge is 0.327 e. The molecule has 1 saturated heterocycles. The van der Waals surface area contributed by atoms with Gasteiger partial charge in [-0.25, -0.2) is 4.79 Å². The topological polar surface area (TPSA) is 32.3 Å². The fourth-order valence-corrected chi connectivity index (χ4v) is 1.56. The molecule has 88 valence electrons. The minimum Gasteiger partial charge on any atom is -0.327 e. The third-order valence-corrected chi connectivity index (χ3v) is 2.80. The van der Waals surface area contributed by atoms with Crippen molar-refractivity contribution in [1.82, 2.24) is 10.2 Å². The molecule has 0 radical (unpaired) electrons. The summed E-state index contributed by atoms with van der Waals surface area (Å²) < 4.78 is 0. The van der Waals surface area contributed by atoms with Gasteiger partial charge in [0.05, 0.1) is 6.54 Å². The second-order valence-electron chi connectivity index (χ2n) is 3.81. The van der Waals surface area contributed by atoms with Gasteiger partial charge in [0.25, 0.3) is 0 Å². The summed E-state index contributed by atoms with van der Waals surface area (Å²) >= 11 is 5.76. The minimum absolute atomic E-state index is 0.0262. The lowest BCUT2D eigenvalue weighted by atomic mass is 10.2. The standard InChI is InChI=1S/C13H13ClN2O/c14-12-6-4-11(5-7-12)3-1-8-15-13(17)16-9-2-10-16/h4-7H,2,8-10H2,(H,15,17). The number of halogens is 1. The molecule has 0 aromatic heterocycles. The molecule has 1 aliphatic heterocycles. The van der Waals surface area contributed by atoms with E-state index in [9.17, 15) is 4.79 Å². The summed E-state index contributed by atoms with van der Waals surface area (Å²) in [6.45, 7) is 2.09. The molecule has 1 heterocycles. The van der Waals surface area contributed by atoms with Crippen molar-refractivity contribution in [2.45, 2.75) is 6.42 Å². The first-order valence-corrected chi connectivity index (χ1v) is 5.91. The van der Waals surface area contributed by atoms with Crippen molar-refractivity contribution < 1.29 is 4.79 Å². The molecule has 0 atom stereocenters. The van der Waals surface area contributed by atoms with Crippen molar-refractivity contribution in [3.05, 3.63) is 34.9 Å². The van der Waals surface area contributed by atoms with Gasteiger partial charge >= 0.3 is 6.03 Å². The van der Waals surface area contributed by atoms with E-state index < -0.39 is 0 Å². The zero-order valence-electron chi connectivity index (χ0n) is 9.37. The van der Waals surface area contributed by atoms with Gasteiger partial charge in [-0.3, -0.25) is 0 Å². The zero-order valence-corrected chi connectivity index (χ0v) is 10.1. The number of benzene rings is 1. The third kappa shape index (κ3) is 3.40. The summed E-state index contributed by atoms with van der Waals surface area (Å²) in [7, 11) is 0. The van der Waals surface area contributed by atoms with Crippen LogP contribution >= 0.6 is 11.6 Å². The van der Waals surface area contributed by atoms with E-state index >= 15 is 0 Å². The molecule has 17 heavy (non-hydrogen) atoms. The van der Waals surface area contributed by atoms with Gasteiger partial charge in [0, 0.05) is 23.7 Å². The highest BCUT2D eigenvalue weighted by Gasteiger charge is 2.18. The van der Waals surface area contributed by atoms with Gasteiger partial charge in [-0.05, 0) is 30.7 Å². The van der Waals surface area contributed by atoms with Crippen molar-refractivity contribution in [2.24, 2.45) is 0 Å². The Bertz CT molecular complexity index is 455. The van der Waals surface area contributed by atoms with E-state index in [0.29, 0.717) is 11.6 Å². The molecule has 2 rings (SSSR count). The summed E-state index contributed by atoms with van der Waals surface area (Å²) in [6, 6.07) is 7.27. The third-order valence-electron chi connectivity index (χ3n) is 2.55. The predicted octanol–water partition coefficient (Wildman–Crippen LogP) is 2.11. The molecule has 2 amide bonds. The monoisotopic (exact) mass is 248 g/mol. The van der Waals surface area contributed by atoms with Crippen LogP contribution in [0.5, 0.6) is 0 Å². The summed E-state index contributed by atoms with van der Waals surface area (Å²) in [6.07, 6.45) is 1.10. The fraction of sp³-hybridized carbons (Fsp3) is 0.308. The second-order valence-corrected chi connectivity index (χ2v) is 4.24. The molecular formula is C13H13ClN2O. The number of amides is 2. The van der Waals surface area contributed by atoms with Crippen molar-refractivity contribution in [1.29, 1.82) is 0 Å². The number of rotatable bonds is 1. The molecule has 0 aliphatic carbocycles. The van der Waals surface area contributed by atoms with Crippen LogP contribution in [0.4, 0.5) is 4.79 Å². The average Bonchev–Trinajstić information content (AvgIpc) is 2.24. The Labute approximate surface area is 106 Å². The van der Waals surface area contributed by atoms with Gasteiger partial charge in [-0.15, -0.1) is 0 Å². The maximum Gasteiger partial charge on any atom is 0.318 e. The first-order chi connectivity index (χ1) is 8.25. The van der Waals surface area contributed by atoms with Gasteiger partial charge < -0.3 is 10.2 Å². The number of nitrogens with zero attached hydrogens (tertiary/aromatic N) is 1. The molecule has 4 heteroatoms. The zero-order chi connectivity index (χ0) is 12.1. The van der Waals surface area contributed by atoms with Gasteiger partial charge in [0.2, 0.25) is 0 Å². The molecule has 1 fully saturated rings. The Hall–Kier alpha value is -1.66. The van der Waals surface area contributed by atoms with E-state index in [1.54, 1.807) is 17.0 Å². The number of carbonyl (C=O) groups is 1. The Morgan fingerprint density at radius 1 is 1.35 bits per heavy atom. The maximum absolute atomic E-state index is 11.4. The van der Waals surface area contributed by atoms with Crippen LogP contribution in [0.2, 0.25) is 5.02 Å². The molecule has 0 unspecified atom stereocenters. The predicted molar refractivity (Wildman–Crippen MR) is 67.9 cm³/mol. The minimum atomic E-state index is -0.0262. The van der Waals surface area contributed by atoms with Gasteiger partial charge in [0.1, 0.15) is 0 Å². The molecule has 1 N–H and O–H groups in total. The quantitative estimate of drug-likeness (QED) is 0.759. The van der Waals surface area contributed by atoms with E-state index in [1.165, 1.54) is 0 Å². The normalized spacial score (nSPS) is 13.4. The Morgan fingerprint density at radius 2 is 2.06 bits per heavy atom. The van der Waals surface area contributed by atoms with E-state index in [0.717, 1.165) is 25.1 Å². The average molecular weight is 249 g/mol. The van der Waals surface area contributed by atoms with Crippen LogP contribution in [0.3, 0.4) is 0 Å². The first-order valence-electron chi connectivity index (χ1n) is 5.53. The van der Waals surface area contributed by atoms with Crippen LogP contribution in [0.25, 0.3) is 0 Å². The number of likely N-dealkylation sites (tertiary alicyclic amines) is 1. The second kappa shape index (κ2) is 5.60. The van der Waals surface area contributed by atoms with Crippen LogP contribution in [-0.4, -0.2) is 30.6 Å². The maximum atomic E-state index is 11.4. The molecule has 3 nitrogen and oxygen atoms in total. The summed E-state index contributed by atoms with van der Waals surface area (Å²) in [4.78, 5) is 13.2. The molecule has 1 aliphatic rings. The van der Waals surface area contributed by atoms with Crippen LogP contribution in [0, 0.1) is 11.8 Å².